The molecule has 3 rings (SSSR count). The number of nitrogens with one attached hydrogen (secondary N) is 1. The Kier molecular flexibility index (Phi) is 6.44. The summed E-state index contributed by atoms with van der Waals surface area (Å²) in [5, 5.41) is 12.7. The Morgan fingerprint density at radius 1 is 1.21 bits per heavy atom. The van der Waals surface area contributed by atoms with Gasteiger partial charge >= 0.3 is 0 Å². The Hall–Kier alpha value is -2.58. The molecule has 0 radical (unpaired) electrons. The number of halogens is 4. The number of carbonyl (C=O) groups is 2. The van der Waals surface area contributed by atoms with E-state index in [1.165, 1.54) is 23.1 Å². The molecule has 2 aromatic rings. The number of aliphatic hydroxyl groups excluding tert-OH is 1. The number of rotatable bonds is 5. The van der Waals surface area contributed by atoms with Crippen molar-refractivity contribution in [1.29, 1.82) is 0 Å². The SMILES string of the molecule is O=C(NC1CCCN(Cc2ccc(F)cc2F)C1=O)C(O)c1ccc(Cl)cc1F. The predicted molar refractivity (Wildman–Crippen MR) is 99.3 cm³/mol. The van der Waals surface area contributed by atoms with Crippen LogP contribution in [-0.4, -0.2) is 34.4 Å². The molecule has 1 aliphatic heterocycles. The summed E-state index contributed by atoms with van der Waals surface area (Å²) in [5.74, 6) is -3.72. The van der Waals surface area contributed by atoms with Gasteiger partial charge in [0.25, 0.3) is 5.91 Å². The van der Waals surface area contributed by atoms with Crippen molar-refractivity contribution in [2.75, 3.05) is 6.54 Å². The molecule has 1 heterocycles. The van der Waals surface area contributed by atoms with Gasteiger partial charge in [0.15, 0.2) is 6.10 Å². The van der Waals surface area contributed by atoms with E-state index in [0.717, 1.165) is 18.2 Å². The zero-order valence-electron chi connectivity index (χ0n) is 15.2. The van der Waals surface area contributed by atoms with E-state index in [1.54, 1.807) is 0 Å². The molecular formula is C20H18ClF3N2O3. The highest BCUT2D eigenvalue weighted by Crippen LogP contribution is 2.22. The van der Waals surface area contributed by atoms with E-state index in [0.29, 0.717) is 19.4 Å². The smallest absolute Gasteiger partial charge is 0.254 e. The van der Waals surface area contributed by atoms with Gasteiger partial charge in [0.05, 0.1) is 0 Å². The van der Waals surface area contributed by atoms with Crippen LogP contribution in [0.3, 0.4) is 0 Å². The van der Waals surface area contributed by atoms with Crippen molar-refractivity contribution >= 4 is 23.4 Å². The van der Waals surface area contributed by atoms with Crippen LogP contribution >= 0.6 is 11.6 Å². The summed E-state index contributed by atoms with van der Waals surface area (Å²) in [7, 11) is 0. The number of likely N-dealkylation sites (tertiary alicyclic amines) is 1. The second-order valence-corrected chi connectivity index (χ2v) is 7.20. The van der Waals surface area contributed by atoms with Crippen molar-refractivity contribution in [2.45, 2.75) is 31.5 Å². The topological polar surface area (TPSA) is 69.6 Å². The number of aliphatic hydroxyl groups is 1. The molecule has 1 saturated heterocycles. The molecule has 29 heavy (non-hydrogen) atoms. The standard InChI is InChI=1S/C20H18ClF3N2O3/c21-12-4-6-14(16(24)8-12)18(27)19(28)25-17-2-1-7-26(20(17)29)10-11-3-5-13(22)9-15(11)23/h3-6,8-9,17-18,27H,1-2,7,10H2,(H,25,28). The Balaban J connectivity index is 1.67. The molecule has 0 bridgehead atoms. The van der Waals surface area contributed by atoms with Gasteiger partial charge in [0, 0.05) is 35.3 Å². The maximum atomic E-state index is 13.9. The fourth-order valence-corrected chi connectivity index (χ4v) is 3.36. The number of carbonyl (C=O) groups excluding carboxylic acids is 2. The van der Waals surface area contributed by atoms with Gasteiger partial charge in [-0.3, -0.25) is 9.59 Å². The number of nitrogens with zero attached hydrogens (tertiary/aromatic N) is 1. The van der Waals surface area contributed by atoms with Gasteiger partial charge in [0.1, 0.15) is 23.5 Å². The van der Waals surface area contributed by atoms with Crippen molar-refractivity contribution in [3.8, 4) is 0 Å². The summed E-state index contributed by atoms with van der Waals surface area (Å²) >= 11 is 5.66. The average Bonchev–Trinajstić information content (AvgIpc) is 2.66. The second-order valence-electron chi connectivity index (χ2n) is 6.77. The summed E-state index contributed by atoms with van der Waals surface area (Å²) in [6.07, 6.45) is -0.960. The van der Waals surface area contributed by atoms with Crippen LogP contribution in [0.2, 0.25) is 5.02 Å². The number of amides is 2. The molecule has 0 aromatic heterocycles. The van der Waals surface area contributed by atoms with Gasteiger partial charge in [-0.15, -0.1) is 0 Å². The monoisotopic (exact) mass is 426 g/mol. The van der Waals surface area contributed by atoms with E-state index >= 15 is 0 Å². The third-order valence-electron chi connectivity index (χ3n) is 4.73. The Bertz CT molecular complexity index is 941. The van der Waals surface area contributed by atoms with Gasteiger partial charge in [-0.05, 0) is 31.0 Å². The number of piperidine rings is 1. The maximum Gasteiger partial charge on any atom is 0.254 e. The second kappa shape index (κ2) is 8.84. The largest absolute Gasteiger partial charge is 0.378 e. The van der Waals surface area contributed by atoms with Crippen LogP contribution in [0.1, 0.15) is 30.1 Å². The van der Waals surface area contributed by atoms with Crippen LogP contribution < -0.4 is 5.32 Å². The molecule has 154 valence electrons. The average molecular weight is 427 g/mol. The summed E-state index contributed by atoms with van der Waals surface area (Å²) in [6, 6.07) is 5.65. The highest BCUT2D eigenvalue weighted by Gasteiger charge is 2.32. The van der Waals surface area contributed by atoms with Gasteiger partial charge in [-0.25, -0.2) is 13.2 Å². The van der Waals surface area contributed by atoms with E-state index in [2.05, 4.69) is 5.32 Å². The third-order valence-corrected chi connectivity index (χ3v) is 4.96. The highest BCUT2D eigenvalue weighted by atomic mass is 35.5. The molecule has 2 aromatic carbocycles. The first-order valence-corrected chi connectivity index (χ1v) is 9.30. The molecule has 2 N–H and O–H groups in total. The normalized spacial score (nSPS) is 17.9. The quantitative estimate of drug-likeness (QED) is 0.772. The zero-order valence-corrected chi connectivity index (χ0v) is 15.9. The van der Waals surface area contributed by atoms with Crippen molar-refractivity contribution in [2.24, 2.45) is 0 Å². The Morgan fingerprint density at radius 2 is 1.97 bits per heavy atom. The Labute approximate surface area is 170 Å². The lowest BCUT2D eigenvalue weighted by Gasteiger charge is -2.33. The first-order valence-electron chi connectivity index (χ1n) is 8.92. The van der Waals surface area contributed by atoms with E-state index in [9.17, 15) is 27.9 Å². The first kappa shape index (κ1) is 21.1. The van der Waals surface area contributed by atoms with Gasteiger partial charge in [-0.1, -0.05) is 23.7 Å². The van der Waals surface area contributed by atoms with Crippen molar-refractivity contribution < 1.29 is 27.9 Å². The van der Waals surface area contributed by atoms with Crippen molar-refractivity contribution in [1.82, 2.24) is 10.2 Å². The molecule has 0 saturated carbocycles. The highest BCUT2D eigenvalue weighted by molar-refractivity contribution is 6.30. The molecule has 2 unspecified atom stereocenters. The van der Waals surface area contributed by atoms with E-state index in [1.807, 2.05) is 0 Å². The molecular weight excluding hydrogens is 409 g/mol. The van der Waals surface area contributed by atoms with Crippen molar-refractivity contribution in [3.05, 3.63) is 70.0 Å². The van der Waals surface area contributed by atoms with E-state index in [-0.39, 0.29) is 22.7 Å². The minimum atomic E-state index is -1.81. The van der Waals surface area contributed by atoms with Gasteiger partial charge in [-0.2, -0.15) is 0 Å². The molecule has 2 amide bonds. The van der Waals surface area contributed by atoms with Crippen LogP contribution in [0.4, 0.5) is 13.2 Å². The summed E-state index contributed by atoms with van der Waals surface area (Å²) < 4.78 is 40.8. The first-order chi connectivity index (χ1) is 13.8. The van der Waals surface area contributed by atoms with Gasteiger partial charge < -0.3 is 15.3 Å². The fraction of sp³-hybridized carbons (Fsp3) is 0.300. The summed E-state index contributed by atoms with van der Waals surface area (Å²) in [6.45, 7) is 0.266. The fourth-order valence-electron chi connectivity index (χ4n) is 3.20. The molecule has 1 aliphatic rings. The lowest BCUT2D eigenvalue weighted by Crippen LogP contribution is -2.52. The molecule has 9 heteroatoms. The van der Waals surface area contributed by atoms with Crippen LogP contribution in [0.15, 0.2) is 36.4 Å². The lowest BCUT2D eigenvalue weighted by molar-refractivity contribution is -0.141. The Morgan fingerprint density at radius 3 is 2.66 bits per heavy atom. The minimum Gasteiger partial charge on any atom is -0.378 e. The zero-order chi connectivity index (χ0) is 21.1. The van der Waals surface area contributed by atoms with Gasteiger partial charge in [0.2, 0.25) is 5.91 Å². The number of benzene rings is 2. The number of hydrogen-bond acceptors (Lipinski definition) is 3. The van der Waals surface area contributed by atoms with E-state index < -0.39 is 41.4 Å². The number of hydrogen-bond donors (Lipinski definition) is 2. The van der Waals surface area contributed by atoms with Crippen LogP contribution in [-0.2, 0) is 16.1 Å². The molecule has 0 aliphatic carbocycles. The predicted octanol–water partition coefficient (Wildman–Crippen LogP) is 3.10. The van der Waals surface area contributed by atoms with Crippen LogP contribution in [0.5, 0.6) is 0 Å². The summed E-state index contributed by atoms with van der Waals surface area (Å²) in [4.78, 5) is 26.3. The van der Waals surface area contributed by atoms with Crippen LogP contribution in [0, 0.1) is 17.5 Å². The molecule has 5 nitrogen and oxygen atoms in total. The van der Waals surface area contributed by atoms with Crippen molar-refractivity contribution in [3.63, 3.8) is 0 Å². The minimum absolute atomic E-state index is 0.0777. The molecule has 1 fully saturated rings. The van der Waals surface area contributed by atoms with E-state index in [4.69, 9.17) is 11.6 Å². The lowest BCUT2D eigenvalue weighted by atomic mass is 10.0. The summed E-state index contributed by atoms with van der Waals surface area (Å²) in [5.41, 5.74) is -0.115. The van der Waals surface area contributed by atoms with Crippen LogP contribution in [0.25, 0.3) is 0 Å². The third kappa shape index (κ3) is 4.89. The maximum absolute atomic E-state index is 13.9. The molecule has 0 spiro atoms. The molecule has 2 atom stereocenters.